The third-order valence-corrected chi connectivity index (χ3v) is 3.59. The predicted molar refractivity (Wildman–Crippen MR) is 79.6 cm³/mol. The highest BCUT2D eigenvalue weighted by Crippen LogP contribution is 2.27. The van der Waals surface area contributed by atoms with Gasteiger partial charge in [0.2, 0.25) is 0 Å². The summed E-state index contributed by atoms with van der Waals surface area (Å²) in [6, 6.07) is 0. The fourth-order valence-corrected chi connectivity index (χ4v) is 2.51. The molecule has 1 aromatic rings. The summed E-state index contributed by atoms with van der Waals surface area (Å²) in [4.78, 5) is 1.70. The molecule has 1 aliphatic rings. The van der Waals surface area contributed by atoms with Gasteiger partial charge >= 0.3 is 0 Å². The molecule has 0 N–H and O–H groups in total. The first-order valence-electron chi connectivity index (χ1n) is 7.95. The topological polar surface area (TPSA) is 38.3 Å². The molecule has 4 nitrogen and oxygen atoms in total. The Kier molecular flexibility index (Phi) is 4.74. The van der Waals surface area contributed by atoms with Gasteiger partial charge in [0.15, 0.2) is 0 Å². The van der Waals surface area contributed by atoms with Gasteiger partial charge in [0.25, 0.3) is 5.88 Å². The molecule has 5 heteroatoms. The van der Waals surface area contributed by atoms with E-state index in [1.807, 2.05) is 6.08 Å². The molecular weight excluding hydrogens is 258 g/mol. The molecule has 0 atom stereocenters. The Morgan fingerprint density at radius 1 is 1.42 bits per heavy atom. The Morgan fingerprint density at radius 3 is 3.16 bits per heavy atom. The van der Waals surface area contributed by atoms with Crippen molar-refractivity contribution in [2.45, 2.75) is 39.0 Å². The Labute approximate surface area is 122 Å². The molecule has 2 rings (SSSR count). The number of unbranched alkanes of at least 4 members (excludes halogenated alkanes) is 3. The van der Waals surface area contributed by atoms with Crippen LogP contribution in [0.2, 0.25) is 0 Å². The Hall–Kier alpha value is -0.940. The van der Waals surface area contributed by atoms with Crippen LogP contribution in [0.5, 0.6) is 5.88 Å². The lowest BCUT2D eigenvalue weighted by atomic mass is 10.1. The molecule has 2 heterocycles. The molecule has 0 aliphatic carbocycles. The molecule has 106 valence electrons. The number of nitrogens with zero attached hydrogens (tertiary/aromatic N) is 3. The Bertz CT molecular complexity index is 490. The lowest BCUT2D eigenvalue weighted by molar-refractivity contribution is 0.294. The fraction of sp³-hybridized carbons (Fsp3) is 0.714. The first kappa shape index (κ1) is 11.9. The van der Waals surface area contributed by atoms with Gasteiger partial charge < -0.3 is 9.64 Å². The molecule has 0 saturated heterocycles. The molecule has 0 saturated carbocycles. The SMILES string of the molecule is [2H]C1([2H])C(c2nsnc2OCCCCCC)=CCCN1C. The van der Waals surface area contributed by atoms with Crippen LogP contribution in [0.4, 0.5) is 0 Å². The van der Waals surface area contributed by atoms with E-state index in [2.05, 4.69) is 15.7 Å². The van der Waals surface area contributed by atoms with Gasteiger partial charge in [-0.25, -0.2) is 0 Å². The van der Waals surface area contributed by atoms with Crippen LogP contribution in [0.3, 0.4) is 0 Å². The van der Waals surface area contributed by atoms with Crippen molar-refractivity contribution in [1.29, 1.82) is 0 Å². The minimum absolute atomic E-state index is 0.474. The van der Waals surface area contributed by atoms with E-state index in [0.717, 1.165) is 31.0 Å². The van der Waals surface area contributed by atoms with Crippen molar-refractivity contribution in [3.63, 3.8) is 0 Å². The molecule has 0 unspecified atom stereocenters. The van der Waals surface area contributed by atoms with Crippen molar-refractivity contribution < 1.29 is 7.48 Å². The van der Waals surface area contributed by atoms with Crippen LogP contribution in [0, 0.1) is 0 Å². The monoisotopic (exact) mass is 283 g/mol. The summed E-state index contributed by atoms with van der Waals surface area (Å²) in [6.45, 7) is 1.98. The average Bonchev–Trinajstić information content (AvgIpc) is 2.90. The quantitative estimate of drug-likeness (QED) is 0.720. The normalized spacial score (nSPS) is 20.6. The maximum Gasteiger partial charge on any atom is 0.253 e. The highest BCUT2D eigenvalue weighted by Gasteiger charge is 2.18. The lowest BCUT2D eigenvalue weighted by Gasteiger charge is -2.22. The van der Waals surface area contributed by atoms with Crippen molar-refractivity contribution in [2.24, 2.45) is 0 Å². The molecule has 0 spiro atoms. The van der Waals surface area contributed by atoms with Crippen molar-refractivity contribution in [1.82, 2.24) is 13.6 Å². The van der Waals surface area contributed by atoms with Crippen LogP contribution < -0.4 is 4.74 Å². The Balaban J connectivity index is 2.04. The van der Waals surface area contributed by atoms with Crippen LogP contribution in [0.25, 0.3) is 5.57 Å². The third kappa shape index (κ3) is 4.28. The zero-order valence-electron chi connectivity index (χ0n) is 13.7. The number of hydrogen-bond acceptors (Lipinski definition) is 5. The van der Waals surface area contributed by atoms with E-state index in [4.69, 9.17) is 7.48 Å². The van der Waals surface area contributed by atoms with Crippen LogP contribution in [0.1, 0.15) is 47.5 Å². The molecule has 0 amide bonds. The minimum atomic E-state index is -1.52. The second-order valence-electron chi connectivity index (χ2n) is 4.77. The standard InChI is InChI=1S/C14H23N3OS/c1-3-4-5-6-10-18-14-13(15-19-16-14)12-8-7-9-17(2)11-12/h8H,3-7,9-11H2,1-2H3/i11D2. The van der Waals surface area contributed by atoms with Crippen molar-refractivity contribution in [3.05, 3.63) is 11.8 Å². The second-order valence-corrected chi connectivity index (χ2v) is 5.30. The van der Waals surface area contributed by atoms with E-state index in [1.165, 1.54) is 12.8 Å². The first-order valence-corrected chi connectivity index (χ1v) is 7.68. The number of aromatic nitrogens is 2. The fourth-order valence-electron chi connectivity index (χ4n) is 2.00. The number of ether oxygens (including phenoxy) is 1. The zero-order chi connectivity index (χ0) is 15.3. The first-order chi connectivity index (χ1) is 10.1. The van der Waals surface area contributed by atoms with Gasteiger partial charge in [-0.3, -0.25) is 0 Å². The van der Waals surface area contributed by atoms with E-state index in [0.29, 0.717) is 30.3 Å². The molecule has 0 radical (unpaired) electrons. The second kappa shape index (κ2) is 7.60. The van der Waals surface area contributed by atoms with E-state index in [9.17, 15) is 0 Å². The molecule has 0 bridgehead atoms. The predicted octanol–water partition coefficient (Wildman–Crippen LogP) is 3.22. The van der Waals surface area contributed by atoms with Crippen LogP contribution >= 0.6 is 11.7 Å². The summed E-state index contributed by atoms with van der Waals surface area (Å²) >= 11 is 1.08. The molecule has 19 heavy (non-hydrogen) atoms. The van der Waals surface area contributed by atoms with Crippen molar-refractivity contribution in [3.8, 4) is 5.88 Å². The van der Waals surface area contributed by atoms with E-state index in [1.54, 1.807) is 11.9 Å². The molecule has 0 aromatic carbocycles. The van der Waals surface area contributed by atoms with Gasteiger partial charge in [-0.15, -0.1) is 4.37 Å². The molecular formula is C14H23N3OS. The number of rotatable bonds is 7. The summed E-state index contributed by atoms with van der Waals surface area (Å²) in [6.07, 6.45) is 7.29. The average molecular weight is 283 g/mol. The van der Waals surface area contributed by atoms with Gasteiger partial charge in [0.05, 0.1) is 18.3 Å². The van der Waals surface area contributed by atoms with E-state index in [-0.39, 0.29) is 0 Å². The highest BCUT2D eigenvalue weighted by atomic mass is 32.1. The van der Waals surface area contributed by atoms with Crippen LogP contribution in [0.15, 0.2) is 6.08 Å². The number of likely N-dealkylation sites (N-methyl/N-ethyl adjacent to an activating group) is 1. The summed E-state index contributed by atoms with van der Waals surface area (Å²) in [5, 5.41) is 0. The van der Waals surface area contributed by atoms with Crippen LogP contribution in [-0.4, -0.2) is 40.3 Å². The lowest BCUT2D eigenvalue weighted by Crippen LogP contribution is -2.25. The van der Waals surface area contributed by atoms with Gasteiger partial charge in [0, 0.05) is 15.8 Å². The smallest absolute Gasteiger partial charge is 0.253 e. The third-order valence-electron chi connectivity index (χ3n) is 3.07. The van der Waals surface area contributed by atoms with Gasteiger partial charge in [-0.2, -0.15) is 4.37 Å². The van der Waals surface area contributed by atoms with E-state index >= 15 is 0 Å². The maximum absolute atomic E-state index is 8.24. The summed E-state index contributed by atoms with van der Waals surface area (Å²) in [5.41, 5.74) is 1.14. The molecule has 0 fully saturated rings. The van der Waals surface area contributed by atoms with Gasteiger partial charge in [-0.1, -0.05) is 32.3 Å². The van der Waals surface area contributed by atoms with E-state index < -0.39 is 6.50 Å². The van der Waals surface area contributed by atoms with Gasteiger partial charge in [0.1, 0.15) is 5.69 Å². The molecule has 1 aliphatic heterocycles. The summed E-state index contributed by atoms with van der Waals surface area (Å²) in [7, 11) is 1.79. The summed E-state index contributed by atoms with van der Waals surface area (Å²) < 4.78 is 30.6. The Morgan fingerprint density at radius 2 is 2.32 bits per heavy atom. The van der Waals surface area contributed by atoms with Crippen molar-refractivity contribution >= 4 is 17.3 Å². The molecule has 1 aromatic heterocycles. The number of hydrogen-bond donors (Lipinski definition) is 0. The summed E-state index contributed by atoms with van der Waals surface area (Å²) in [5.74, 6) is 0.474. The maximum atomic E-state index is 8.24. The van der Waals surface area contributed by atoms with Gasteiger partial charge in [-0.05, 0) is 25.5 Å². The largest absolute Gasteiger partial charge is 0.475 e. The van der Waals surface area contributed by atoms with Crippen LogP contribution in [-0.2, 0) is 0 Å². The zero-order valence-corrected chi connectivity index (χ0v) is 12.5. The van der Waals surface area contributed by atoms with Crippen molar-refractivity contribution in [2.75, 3.05) is 26.7 Å². The minimum Gasteiger partial charge on any atom is -0.475 e. The highest BCUT2D eigenvalue weighted by molar-refractivity contribution is 6.99.